The van der Waals surface area contributed by atoms with E-state index in [9.17, 15) is 4.79 Å². The predicted octanol–water partition coefficient (Wildman–Crippen LogP) is 3.57. The molecule has 3 unspecified atom stereocenters. The van der Waals surface area contributed by atoms with Crippen LogP contribution in [-0.2, 0) is 4.79 Å². The van der Waals surface area contributed by atoms with Crippen LogP contribution in [0.4, 0.5) is 0 Å². The standard InChI is InChI=1S/C19H30N4OS/c1-6-19(5,11-13(3)4)18(24)21-23-12-15-16(22(23)7-2)14-9-8-10-20-17(14)25-15/h8-9,12-14,16H,6-7,10-11H2,1-5H3,(H,21,24). The van der Waals surface area contributed by atoms with Crippen LogP contribution < -0.4 is 5.43 Å². The van der Waals surface area contributed by atoms with E-state index in [2.05, 4.69) is 68.4 Å². The zero-order valence-corrected chi connectivity index (χ0v) is 16.8. The van der Waals surface area contributed by atoms with Crippen molar-refractivity contribution in [3.05, 3.63) is 23.3 Å². The lowest BCUT2D eigenvalue weighted by Crippen LogP contribution is -2.55. The highest BCUT2D eigenvalue weighted by atomic mass is 32.2. The van der Waals surface area contributed by atoms with Crippen LogP contribution in [0, 0.1) is 17.3 Å². The molecule has 0 aromatic heterocycles. The molecule has 5 nitrogen and oxygen atoms in total. The second-order valence-electron chi connectivity index (χ2n) is 7.76. The van der Waals surface area contributed by atoms with E-state index in [1.165, 1.54) is 9.95 Å². The van der Waals surface area contributed by atoms with Gasteiger partial charge in [0.15, 0.2) is 0 Å². The van der Waals surface area contributed by atoms with E-state index >= 15 is 0 Å². The largest absolute Gasteiger partial charge is 0.278 e. The van der Waals surface area contributed by atoms with Gasteiger partial charge in [0.2, 0.25) is 5.91 Å². The van der Waals surface area contributed by atoms with Crippen molar-refractivity contribution in [2.24, 2.45) is 22.2 Å². The number of nitrogens with zero attached hydrogens (tertiary/aromatic N) is 3. The molecular formula is C19H30N4OS. The molecule has 0 bridgehead atoms. The van der Waals surface area contributed by atoms with Crippen molar-refractivity contribution in [1.82, 2.24) is 15.6 Å². The lowest BCUT2D eigenvalue weighted by atomic mass is 9.79. The molecule has 0 aliphatic carbocycles. The third-order valence-electron chi connectivity index (χ3n) is 5.41. The molecule has 0 radical (unpaired) electrons. The second-order valence-corrected chi connectivity index (χ2v) is 8.86. The number of hydrogen-bond acceptors (Lipinski definition) is 5. The number of likely N-dealkylation sites (N-methyl/N-ethyl adjacent to an activating group) is 1. The summed E-state index contributed by atoms with van der Waals surface area (Å²) < 4.78 is 0. The van der Waals surface area contributed by atoms with Gasteiger partial charge in [-0.25, -0.2) is 5.12 Å². The highest BCUT2D eigenvalue weighted by molar-refractivity contribution is 8.17. The van der Waals surface area contributed by atoms with Crippen molar-refractivity contribution >= 4 is 22.7 Å². The first kappa shape index (κ1) is 18.5. The Balaban J connectivity index is 1.76. The lowest BCUT2D eigenvalue weighted by molar-refractivity contribution is -0.143. The van der Waals surface area contributed by atoms with Gasteiger partial charge < -0.3 is 0 Å². The maximum atomic E-state index is 13.0. The summed E-state index contributed by atoms with van der Waals surface area (Å²) in [4.78, 5) is 18.9. The number of carbonyl (C=O) groups is 1. The second kappa shape index (κ2) is 7.16. The molecule has 3 rings (SSSR count). The van der Waals surface area contributed by atoms with E-state index < -0.39 is 0 Å². The molecule has 25 heavy (non-hydrogen) atoms. The molecule has 0 spiro atoms. The minimum atomic E-state index is -0.339. The topological polar surface area (TPSA) is 47.9 Å². The quantitative estimate of drug-likeness (QED) is 0.734. The van der Waals surface area contributed by atoms with Gasteiger partial charge in [-0.2, -0.15) is 5.01 Å². The van der Waals surface area contributed by atoms with Crippen LogP contribution in [0.1, 0.15) is 47.5 Å². The van der Waals surface area contributed by atoms with Crippen LogP contribution in [0.5, 0.6) is 0 Å². The summed E-state index contributed by atoms with van der Waals surface area (Å²) in [6, 6.07) is 0.267. The third-order valence-corrected chi connectivity index (χ3v) is 6.60. The fourth-order valence-electron chi connectivity index (χ4n) is 3.98. The van der Waals surface area contributed by atoms with Crippen molar-refractivity contribution < 1.29 is 4.79 Å². The van der Waals surface area contributed by atoms with Crippen LogP contribution in [0.2, 0.25) is 0 Å². The van der Waals surface area contributed by atoms with E-state index in [-0.39, 0.29) is 17.4 Å². The summed E-state index contributed by atoms with van der Waals surface area (Å²) >= 11 is 1.76. The molecule has 0 aromatic rings. The highest BCUT2D eigenvalue weighted by Gasteiger charge is 2.47. The van der Waals surface area contributed by atoms with Crippen LogP contribution in [-0.4, -0.2) is 40.2 Å². The van der Waals surface area contributed by atoms with Crippen LogP contribution in [0.3, 0.4) is 0 Å². The van der Waals surface area contributed by atoms with Gasteiger partial charge >= 0.3 is 0 Å². The predicted molar refractivity (Wildman–Crippen MR) is 105 cm³/mol. The Morgan fingerprint density at radius 1 is 1.48 bits per heavy atom. The zero-order valence-electron chi connectivity index (χ0n) is 16.0. The number of hydrogen-bond donors (Lipinski definition) is 1. The Morgan fingerprint density at radius 3 is 2.88 bits per heavy atom. The normalized spacial score (nSPS) is 27.7. The first-order chi connectivity index (χ1) is 11.9. The average molecular weight is 363 g/mol. The monoisotopic (exact) mass is 362 g/mol. The molecular weight excluding hydrogens is 332 g/mol. The number of amides is 1. The molecule has 3 aliphatic heterocycles. The van der Waals surface area contributed by atoms with E-state index in [0.29, 0.717) is 11.8 Å². The summed E-state index contributed by atoms with van der Waals surface area (Å²) in [7, 11) is 0. The van der Waals surface area contributed by atoms with Crippen molar-refractivity contribution in [3.63, 3.8) is 0 Å². The van der Waals surface area contributed by atoms with E-state index in [1.807, 2.05) is 5.12 Å². The number of aliphatic imine (C=N–C) groups is 1. The number of dihydropyridines is 1. The summed E-state index contributed by atoms with van der Waals surface area (Å²) in [6.07, 6.45) is 8.23. The smallest absolute Gasteiger partial charge is 0.245 e. The number of fused-ring (bicyclic) bond motifs is 3. The molecule has 0 saturated carbocycles. The van der Waals surface area contributed by atoms with Gasteiger partial charge in [-0.3, -0.25) is 15.2 Å². The number of carbonyl (C=O) groups excluding carboxylic acids is 1. The van der Waals surface area contributed by atoms with E-state index in [4.69, 9.17) is 0 Å². The molecule has 1 N–H and O–H groups in total. The molecule has 1 saturated heterocycles. The number of nitrogens with one attached hydrogen (secondary N) is 1. The van der Waals surface area contributed by atoms with Crippen molar-refractivity contribution in [2.45, 2.75) is 53.5 Å². The minimum absolute atomic E-state index is 0.108. The van der Waals surface area contributed by atoms with Gasteiger partial charge in [-0.15, -0.1) is 0 Å². The first-order valence-electron chi connectivity index (χ1n) is 9.37. The fourth-order valence-corrected chi connectivity index (χ4v) is 5.25. The van der Waals surface area contributed by atoms with Gasteiger partial charge in [0.25, 0.3) is 0 Å². The molecule has 3 aliphatic rings. The Hall–Kier alpha value is -1.27. The third kappa shape index (κ3) is 3.38. The van der Waals surface area contributed by atoms with Crippen LogP contribution >= 0.6 is 11.8 Å². The van der Waals surface area contributed by atoms with E-state index in [1.54, 1.807) is 11.8 Å². The number of rotatable bonds is 6. The van der Waals surface area contributed by atoms with Gasteiger partial charge in [0.05, 0.1) is 23.8 Å². The number of thioether (sulfide) groups is 1. The summed E-state index contributed by atoms with van der Waals surface area (Å²) in [5, 5.41) is 5.37. The highest BCUT2D eigenvalue weighted by Crippen LogP contribution is 2.46. The molecule has 1 amide bonds. The van der Waals surface area contributed by atoms with Gasteiger partial charge in [-0.1, -0.05) is 58.5 Å². The Kier molecular flexibility index (Phi) is 5.30. The molecule has 0 aromatic carbocycles. The summed E-state index contributed by atoms with van der Waals surface area (Å²) in [6.45, 7) is 12.3. The van der Waals surface area contributed by atoms with Crippen molar-refractivity contribution in [1.29, 1.82) is 0 Å². The first-order valence-corrected chi connectivity index (χ1v) is 10.2. The maximum Gasteiger partial charge on any atom is 0.245 e. The Bertz CT molecular complexity index is 627. The van der Waals surface area contributed by atoms with Crippen molar-refractivity contribution in [3.8, 4) is 0 Å². The molecule has 3 atom stereocenters. The van der Waals surface area contributed by atoms with Gasteiger partial charge in [0, 0.05) is 22.8 Å². The molecule has 6 heteroatoms. The van der Waals surface area contributed by atoms with Gasteiger partial charge in [0.1, 0.15) is 0 Å². The maximum absolute atomic E-state index is 13.0. The zero-order chi connectivity index (χ0) is 18.2. The molecule has 3 heterocycles. The molecule has 1 fully saturated rings. The van der Waals surface area contributed by atoms with Crippen molar-refractivity contribution in [2.75, 3.05) is 13.1 Å². The van der Waals surface area contributed by atoms with Crippen LogP contribution in [0.25, 0.3) is 0 Å². The average Bonchev–Trinajstić information content (AvgIpc) is 3.09. The summed E-state index contributed by atoms with van der Waals surface area (Å²) in [5.74, 6) is 0.924. The van der Waals surface area contributed by atoms with E-state index in [0.717, 1.165) is 25.9 Å². The lowest BCUT2D eigenvalue weighted by Gasteiger charge is -2.37. The molecule has 138 valence electrons. The Labute approximate surface area is 155 Å². The minimum Gasteiger partial charge on any atom is -0.278 e. The van der Waals surface area contributed by atoms with Gasteiger partial charge in [-0.05, 0) is 18.8 Å². The van der Waals surface area contributed by atoms with Crippen LogP contribution in [0.15, 0.2) is 28.2 Å². The SMILES string of the molecule is CCN1C2C(=CN1NC(=O)C(C)(CC)CC(C)C)SC1=NCC=CC12. The summed E-state index contributed by atoms with van der Waals surface area (Å²) in [5.41, 5.74) is 2.83. The Morgan fingerprint density at radius 2 is 2.24 bits per heavy atom. The fraction of sp³-hybridized carbons (Fsp3) is 0.684. The number of hydrazine groups is 2.